The van der Waals surface area contributed by atoms with E-state index in [2.05, 4.69) is 10.3 Å². The van der Waals surface area contributed by atoms with Gasteiger partial charge in [-0.15, -0.1) is 5.10 Å². The van der Waals surface area contributed by atoms with E-state index < -0.39 is 6.10 Å². The second kappa shape index (κ2) is 4.46. The second-order valence-electron chi connectivity index (χ2n) is 3.35. The molecule has 0 spiro atoms. The van der Waals surface area contributed by atoms with Crippen molar-refractivity contribution in [3.63, 3.8) is 0 Å². The number of aliphatic hydroxyl groups is 1. The maximum absolute atomic E-state index is 12.9. The zero-order valence-electron chi connectivity index (χ0n) is 8.43. The van der Waals surface area contributed by atoms with E-state index in [-0.39, 0.29) is 5.82 Å². The van der Waals surface area contributed by atoms with Crippen LogP contribution in [0.1, 0.15) is 17.4 Å². The van der Waals surface area contributed by atoms with Crippen molar-refractivity contribution in [3.05, 3.63) is 45.0 Å². The highest BCUT2D eigenvalue weighted by Gasteiger charge is 2.17. The van der Waals surface area contributed by atoms with Gasteiger partial charge in [0.05, 0.1) is 11.9 Å². The zero-order valence-corrected chi connectivity index (χ0v) is 10.6. The molecule has 1 atom stereocenters. The molecule has 0 aliphatic carbocycles. The topological polar surface area (TPSA) is 50.9 Å². The molecule has 0 saturated heterocycles. The smallest absolute Gasteiger partial charge is 0.124 e. The zero-order chi connectivity index (χ0) is 11.7. The van der Waals surface area contributed by atoms with Gasteiger partial charge in [0.1, 0.15) is 11.9 Å². The fraction of sp³-hybridized carbons (Fsp3) is 0.200. The summed E-state index contributed by atoms with van der Waals surface area (Å²) in [5.41, 5.74) is 1.22. The Kier molecular flexibility index (Phi) is 3.20. The minimum absolute atomic E-state index is 0.316. The molecule has 1 heterocycles. The van der Waals surface area contributed by atoms with Crippen LogP contribution in [-0.4, -0.2) is 20.1 Å². The highest BCUT2D eigenvalue weighted by molar-refractivity contribution is 14.1. The minimum Gasteiger partial charge on any atom is -0.382 e. The van der Waals surface area contributed by atoms with E-state index in [1.165, 1.54) is 23.0 Å². The average molecular weight is 333 g/mol. The summed E-state index contributed by atoms with van der Waals surface area (Å²) in [6, 6.07) is 4.27. The van der Waals surface area contributed by atoms with Crippen LogP contribution in [-0.2, 0) is 7.05 Å². The van der Waals surface area contributed by atoms with Gasteiger partial charge < -0.3 is 5.11 Å². The first-order valence-corrected chi connectivity index (χ1v) is 5.65. The third kappa shape index (κ3) is 2.07. The number of benzene rings is 1. The Morgan fingerprint density at radius 3 is 2.81 bits per heavy atom. The normalized spacial score (nSPS) is 12.8. The monoisotopic (exact) mass is 333 g/mol. The predicted octanol–water partition coefficient (Wildman–Crippen LogP) is 1.64. The molecule has 0 aliphatic rings. The molecular weight excluding hydrogens is 324 g/mol. The van der Waals surface area contributed by atoms with Crippen molar-refractivity contribution in [1.29, 1.82) is 0 Å². The molecule has 1 N–H and O–H groups in total. The largest absolute Gasteiger partial charge is 0.382 e. The van der Waals surface area contributed by atoms with Crippen molar-refractivity contribution < 1.29 is 9.50 Å². The molecule has 0 saturated carbocycles. The van der Waals surface area contributed by atoms with Crippen LogP contribution in [0.3, 0.4) is 0 Å². The van der Waals surface area contributed by atoms with E-state index in [0.717, 1.165) is 0 Å². The maximum Gasteiger partial charge on any atom is 0.124 e. The summed E-state index contributed by atoms with van der Waals surface area (Å²) in [5.74, 6) is -0.316. The number of hydrogen-bond donors (Lipinski definition) is 1. The molecular formula is C10H9FIN3O. The lowest BCUT2D eigenvalue weighted by Gasteiger charge is -2.12. The molecule has 2 rings (SSSR count). The number of nitrogens with zero attached hydrogens (tertiary/aromatic N) is 3. The van der Waals surface area contributed by atoms with Gasteiger partial charge in [-0.25, -0.2) is 9.07 Å². The second-order valence-corrected chi connectivity index (χ2v) is 4.51. The summed E-state index contributed by atoms with van der Waals surface area (Å²) >= 11 is 1.99. The lowest BCUT2D eigenvalue weighted by atomic mass is 10.1. The predicted molar refractivity (Wildman–Crippen MR) is 64.2 cm³/mol. The van der Waals surface area contributed by atoms with Crippen molar-refractivity contribution in [2.24, 2.45) is 7.05 Å². The lowest BCUT2D eigenvalue weighted by molar-refractivity contribution is 0.209. The average Bonchev–Trinajstić information content (AvgIpc) is 2.63. The van der Waals surface area contributed by atoms with Gasteiger partial charge in [-0.05, 0) is 34.7 Å². The van der Waals surface area contributed by atoms with Gasteiger partial charge in [0, 0.05) is 16.2 Å². The quantitative estimate of drug-likeness (QED) is 0.850. The molecule has 2 aromatic rings. The third-order valence-electron chi connectivity index (χ3n) is 2.29. The first-order valence-electron chi connectivity index (χ1n) is 4.57. The first-order chi connectivity index (χ1) is 7.59. The number of hydrogen-bond acceptors (Lipinski definition) is 3. The van der Waals surface area contributed by atoms with Crippen LogP contribution in [0.2, 0.25) is 0 Å². The standard InChI is InChI=1S/C10H9FIN3O/c1-15-9(5-13-14-15)10(16)7-3-2-6(11)4-8(7)12/h2-5,10,16H,1H3. The SMILES string of the molecule is Cn1nncc1C(O)c1ccc(F)cc1I. The Balaban J connectivity index is 2.41. The maximum atomic E-state index is 12.9. The van der Waals surface area contributed by atoms with E-state index >= 15 is 0 Å². The van der Waals surface area contributed by atoms with E-state index in [4.69, 9.17) is 0 Å². The fourth-order valence-corrected chi connectivity index (χ4v) is 2.20. The molecule has 1 aromatic carbocycles. The van der Waals surface area contributed by atoms with Crippen molar-refractivity contribution in [3.8, 4) is 0 Å². The lowest BCUT2D eigenvalue weighted by Crippen LogP contribution is -2.08. The van der Waals surface area contributed by atoms with E-state index in [9.17, 15) is 9.50 Å². The van der Waals surface area contributed by atoms with Crippen molar-refractivity contribution in [1.82, 2.24) is 15.0 Å². The minimum atomic E-state index is -0.840. The molecule has 1 aromatic heterocycles. The summed E-state index contributed by atoms with van der Waals surface area (Å²) in [4.78, 5) is 0. The van der Waals surface area contributed by atoms with Crippen LogP contribution in [0.25, 0.3) is 0 Å². The Hall–Kier alpha value is -1.02. The highest BCUT2D eigenvalue weighted by atomic mass is 127. The fourth-order valence-electron chi connectivity index (χ4n) is 1.43. The number of aryl methyl sites for hydroxylation is 1. The number of aliphatic hydroxyl groups excluding tert-OH is 1. The molecule has 0 radical (unpaired) electrons. The molecule has 0 fully saturated rings. The molecule has 0 amide bonds. The van der Waals surface area contributed by atoms with Gasteiger partial charge in [0.2, 0.25) is 0 Å². The van der Waals surface area contributed by atoms with Crippen molar-refractivity contribution in [2.45, 2.75) is 6.10 Å². The van der Waals surface area contributed by atoms with Crippen molar-refractivity contribution in [2.75, 3.05) is 0 Å². The van der Waals surface area contributed by atoms with Gasteiger partial charge >= 0.3 is 0 Å². The molecule has 6 heteroatoms. The van der Waals surface area contributed by atoms with Crippen LogP contribution in [0.15, 0.2) is 24.4 Å². The summed E-state index contributed by atoms with van der Waals surface area (Å²) in [5, 5.41) is 17.5. The molecule has 0 aliphatic heterocycles. The Bertz CT molecular complexity index is 515. The van der Waals surface area contributed by atoms with Gasteiger partial charge in [-0.2, -0.15) is 0 Å². The first kappa shape index (κ1) is 11.5. The van der Waals surface area contributed by atoms with E-state index in [0.29, 0.717) is 14.8 Å². The summed E-state index contributed by atoms with van der Waals surface area (Å²) in [6.45, 7) is 0. The summed E-state index contributed by atoms with van der Waals surface area (Å²) < 4.78 is 15.1. The number of halogens is 2. The Labute approximate surface area is 105 Å². The van der Waals surface area contributed by atoms with Crippen LogP contribution in [0.5, 0.6) is 0 Å². The molecule has 16 heavy (non-hydrogen) atoms. The summed E-state index contributed by atoms with van der Waals surface area (Å²) in [7, 11) is 1.70. The van der Waals surface area contributed by atoms with Gasteiger partial charge in [0.25, 0.3) is 0 Å². The third-order valence-corrected chi connectivity index (χ3v) is 3.22. The molecule has 1 unspecified atom stereocenters. The highest BCUT2D eigenvalue weighted by Crippen LogP contribution is 2.25. The van der Waals surface area contributed by atoms with Gasteiger partial charge in [-0.1, -0.05) is 11.3 Å². The summed E-state index contributed by atoms with van der Waals surface area (Å²) in [6.07, 6.45) is 0.650. The van der Waals surface area contributed by atoms with Crippen LogP contribution < -0.4 is 0 Å². The molecule has 4 nitrogen and oxygen atoms in total. The number of aromatic nitrogens is 3. The van der Waals surface area contributed by atoms with Crippen molar-refractivity contribution >= 4 is 22.6 Å². The number of rotatable bonds is 2. The van der Waals surface area contributed by atoms with Crippen LogP contribution in [0.4, 0.5) is 4.39 Å². The molecule has 0 bridgehead atoms. The van der Waals surface area contributed by atoms with Gasteiger partial charge in [0.15, 0.2) is 0 Å². The van der Waals surface area contributed by atoms with Crippen LogP contribution in [0, 0.1) is 9.39 Å². The Morgan fingerprint density at radius 2 is 2.25 bits per heavy atom. The Morgan fingerprint density at radius 1 is 1.50 bits per heavy atom. The molecule has 84 valence electrons. The van der Waals surface area contributed by atoms with E-state index in [1.54, 1.807) is 13.1 Å². The van der Waals surface area contributed by atoms with E-state index in [1.807, 2.05) is 22.6 Å². The van der Waals surface area contributed by atoms with Crippen LogP contribution >= 0.6 is 22.6 Å². The van der Waals surface area contributed by atoms with Gasteiger partial charge in [-0.3, -0.25) is 0 Å².